The third kappa shape index (κ3) is 3.43. The number of halogens is 1. The van der Waals surface area contributed by atoms with Crippen LogP contribution in [0.1, 0.15) is 28.9 Å². The van der Waals surface area contributed by atoms with E-state index in [2.05, 4.69) is 21.2 Å². The summed E-state index contributed by atoms with van der Waals surface area (Å²) in [6, 6.07) is 14.3. The number of carbonyl (C=O) groups excluding carboxylic acids is 1. The van der Waals surface area contributed by atoms with Crippen LogP contribution in [0.2, 0.25) is 0 Å². The molecule has 0 fully saturated rings. The maximum absolute atomic E-state index is 12.1. The Balaban J connectivity index is 2.22. The van der Waals surface area contributed by atoms with E-state index in [1.807, 2.05) is 24.3 Å². The number of benzene rings is 2. The van der Waals surface area contributed by atoms with E-state index >= 15 is 0 Å². The molecule has 0 saturated carbocycles. The van der Waals surface area contributed by atoms with Crippen LogP contribution in [0, 0.1) is 0 Å². The predicted molar refractivity (Wildman–Crippen MR) is 79.2 cm³/mol. The van der Waals surface area contributed by atoms with Gasteiger partial charge in [0, 0.05) is 21.3 Å². The minimum Gasteiger partial charge on any atom is -0.389 e. The van der Waals surface area contributed by atoms with Crippen LogP contribution < -0.4 is 5.32 Å². The molecule has 98 valence electrons. The standard InChI is InChI=1S/C15H14BrNO2/c1-10(18)13-4-2-3-5-14(13)17-15(19)11-6-8-12(16)9-7-11/h2-10,18H,1H3,(H,17,19). The number of carbonyl (C=O) groups is 1. The third-order valence-electron chi connectivity index (χ3n) is 2.77. The normalized spacial score (nSPS) is 11.9. The number of nitrogens with one attached hydrogen (secondary N) is 1. The molecule has 0 spiro atoms. The molecule has 19 heavy (non-hydrogen) atoms. The summed E-state index contributed by atoms with van der Waals surface area (Å²) in [7, 11) is 0. The van der Waals surface area contributed by atoms with Crippen LogP contribution in [-0.4, -0.2) is 11.0 Å². The molecule has 2 N–H and O–H groups in total. The summed E-state index contributed by atoms with van der Waals surface area (Å²) in [4.78, 5) is 12.1. The average molecular weight is 320 g/mol. The molecule has 0 aromatic heterocycles. The van der Waals surface area contributed by atoms with Crippen LogP contribution in [-0.2, 0) is 0 Å². The van der Waals surface area contributed by atoms with Gasteiger partial charge < -0.3 is 10.4 Å². The van der Waals surface area contributed by atoms with Crippen molar-refractivity contribution in [2.24, 2.45) is 0 Å². The van der Waals surface area contributed by atoms with Crippen molar-refractivity contribution in [3.63, 3.8) is 0 Å². The first-order valence-corrected chi connectivity index (χ1v) is 6.71. The van der Waals surface area contributed by atoms with Gasteiger partial charge in [0.25, 0.3) is 5.91 Å². The molecule has 1 amide bonds. The number of anilines is 1. The zero-order chi connectivity index (χ0) is 13.8. The maximum atomic E-state index is 12.1. The third-order valence-corrected chi connectivity index (χ3v) is 3.29. The van der Waals surface area contributed by atoms with E-state index in [4.69, 9.17) is 0 Å². The maximum Gasteiger partial charge on any atom is 0.255 e. The lowest BCUT2D eigenvalue weighted by Gasteiger charge is -2.13. The van der Waals surface area contributed by atoms with Crippen molar-refractivity contribution in [3.05, 3.63) is 64.1 Å². The van der Waals surface area contributed by atoms with Gasteiger partial charge in [-0.05, 0) is 37.3 Å². The van der Waals surface area contributed by atoms with E-state index < -0.39 is 6.10 Å². The molecule has 2 aromatic rings. The molecule has 0 bridgehead atoms. The lowest BCUT2D eigenvalue weighted by Crippen LogP contribution is -2.13. The highest BCUT2D eigenvalue weighted by molar-refractivity contribution is 9.10. The molecule has 0 radical (unpaired) electrons. The second-order valence-electron chi connectivity index (χ2n) is 4.22. The zero-order valence-electron chi connectivity index (χ0n) is 10.4. The first kappa shape index (κ1) is 13.8. The monoisotopic (exact) mass is 319 g/mol. The van der Waals surface area contributed by atoms with Gasteiger partial charge in [-0.15, -0.1) is 0 Å². The summed E-state index contributed by atoms with van der Waals surface area (Å²) in [6.07, 6.45) is -0.624. The summed E-state index contributed by atoms with van der Waals surface area (Å²) in [5.41, 5.74) is 1.90. The molecule has 4 heteroatoms. The van der Waals surface area contributed by atoms with E-state index in [0.717, 1.165) is 4.47 Å². The fourth-order valence-electron chi connectivity index (χ4n) is 1.77. The minimum atomic E-state index is -0.624. The summed E-state index contributed by atoms with van der Waals surface area (Å²) < 4.78 is 0.924. The molecule has 3 nitrogen and oxygen atoms in total. The lowest BCUT2D eigenvalue weighted by atomic mass is 10.1. The van der Waals surface area contributed by atoms with Crippen molar-refractivity contribution in [2.75, 3.05) is 5.32 Å². The number of aliphatic hydroxyl groups is 1. The highest BCUT2D eigenvalue weighted by Crippen LogP contribution is 2.23. The summed E-state index contributed by atoms with van der Waals surface area (Å²) in [6.45, 7) is 1.67. The number of hydrogen-bond acceptors (Lipinski definition) is 2. The molecule has 1 unspecified atom stereocenters. The summed E-state index contributed by atoms with van der Waals surface area (Å²) in [5, 5.41) is 12.5. The van der Waals surface area contributed by atoms with Gasteiger partial charge in [-0.3, -0.25) is 4.79 Å². The molecule has 0 heterocycles. The highest BCUT2D eigenvalue weighted by atomic mass is 79.9. The topological polar surface area (TPSA) is 49.3 Å². The Bertz CT molecular complexity index is 579. The number of para-hydroxylation sites is 1. The largest absolute Gasteiger partial charge is 0.389 e. The van der Waals surface area contributed by atoms with Crippen molar-refractivity contribution in [2.45, 2.75) is 13.0 Å². The summed E-state index contributed by atoms with van der Waals surface area (Å²) in [5.74, 6) is -0.194. The van der Waals surface area contributed by atoms with Crippen LogP contribution in [0.15, 0.2) is 53.0 Å². The second kappa shape index (κ2) is 5.99. The van der Waals surface area contributed by atoms with E-state index in [9.17, 15) is 9.90 Å². The number of aliphatic hydroxyl groups excluding tert-OH is 1. The van der Waals surface area contributed by atoms with Gasteiger partial charge in [0.05, 0.1) is 6.10 Å². The van der Waals surface area contributed by atoms with Gasteiger partial charge >= 0.3 is 0 Å². The molecule has 0 aliphatic carbocycles. The second-order valence-corrected chi connectivity index (χ2v) is 5.14. The van der Waals surface area contributed by atoms with Gasteiger partial charge in [-0.2, -0.15) is 0 Å². The van der Waals surface area contributed by atoms with Crippen LogP contribution >= 0.6 is 15.9 Å². The molecule has 2 rings (SSSR count). The fraction of sp³-hybridized carbons (Fsp3) is 0.133. The minimum absolute atomic E-state index is 0.194. The van der Waals surface area contributed by atoms with E-state index in [1.165, 1.54) is 0 Å². The molecule has 2 aromatic carbocycles. The quantitative estimate of drug-likeness (QED) is 0.905. The first-order valence-electron chi connectivity index (χ1n) is 5.92. The van der Waals surface area contributed by atoms with Gasteiger partial charge in [0.15, 0.2) is 0 Å². The van der Waals surface area contributed by atoms with E-state index in [1.54, 1.807) is 31.2 Å². The Morgan fingerprint density at radius 3 is 2.42 bits per heavy atom. The Morgan fingerprint density at radius 2 is 1.79 bits per heavy atom. The number of hydrogen-bond donors (Lipinski definition) is 2. The molecular weight excluding hydrogens is 306 g/mol. The Hall–Kier alpha value is -1.65. The SMILES string of the molecule is CC(O)c1ccccc1NC(=O)c1ccc(Br)cc1. The average Bonchev–Trinajstić information content (AvgIpc) is 2.39. The molecule has 0 aliphatic rings. The van der Waals surface area contributed by atoms with Gasteiger partial charge in [-0.25, -0.2) is 0 Å². The molecular formula is C15H14BrNO2. The zero-order valence-corrected chi connectivity index (χ0v) is 12.0. The molecule has 0 aliphatic heterocycles. The number of rotatable bonds is 3. The van der Waals surface area contributed by atoms with Gasteiger partial charge in [0.1, 0.15) is 0 Å². The van der Waals surface area contributed by atoms with Crippen LogP contribution in [0.4, 0.5) is 5.69 Å². The van der Waals surface area contributed by atoms with Crippen molar-refractivity contribution in [1.82, 2.24) is 0 Å². The molecule has 1 atom stereocenters. The van der Waals surface area contributed by atoms with Gasteiger partial charge in [0.2, 0.25) is 0 Å². The lowest BCUT2D eigenvalue weighted by molar-refractivity contribution is 0.102. The fourth-order valence-corrected chi connectivity index (χ4v) is 2.04. The number of amides is 1. The van der Waals surface area contributed by atoms with Crippen molar-refractivity contribution < 1.29 is 9.90 Å². The van der Waals surface area contributed by atoms with Crippen molar-refractivity contribution in [3.8, 4) is 0 Å². The Labute approximate surface area is 120 Å². The van der Waals surface area contributed by atoms with Crippen molar-refractivity contribution in [1.29, 1.82) is 0 Å². The van der Waals surface area contributed by atoms with E-state index in [-0.39, 0.29) is 5.91 Å². The smallest absolute Gasteiger partial charge is 0.255 e. The Kier molecular flexibility index (Phi) is 4.35. The van der Waals surface area contributed by atoms with E-state index in [0.29, 0.717) is 16.8 Å². The van der Waals surface area contributed by atoms with Gasteiger partial charge in [-0.1, -0.05) is 34.1 Å². The van der Waals surface area contributed by atoms with Crippen LogP contribution in [0.25, 0.3) is 0 Å². The summed E-state index contributed by atoms with van der Waals surface area (Å²) >= 11 is 3.33. The highest BCUT2D eigenvalue weighted by Gasteiger charge is 2.11. The van der Waals surface area contributed by atoms with Crippen LogP contribution in [0.3, 0.4) is 0 Å². The van der Waals surface area contributed by atoms with Crippen molar-refractivity contribution >= 4 is 27.5 Å². The molecule has 0 saturated heterocycles. The predicted octanol–water partition coefficient (Wildman–Crippen LogP) is 3.75. The van der Waals surface area contributed by atoms with Crippen LogP contribution in [0.5, 0.6) is 0 Å². The Morgan fingerprint density at radius 1 is 1.16 bits per heavy atom. The first-order chi connectivity index (χ1) is 9.08.